The minimum Gasteiger partial charge on any atom is -0.438 e. The van der Waals surface area contributed by atoms with Crippen LogP contribution in [0, 0.1) is 11.5 Å². The van der Waals surface area contributed by atoms with Gasteiger partial charge in [-0.1, -0.05) is 18.2 Å². The third kappa shape index (κ3) is 3.53. The highest BCUT2D eigenvalue weighted by Crippen LogP contribution is 2.34. The molecule has 0 spiro atoms. The van der Waals surface area contributed by atoms with E-state index in [4.69, 9.17) is 4.42 Å². The van der Waals surface area contributed by atoms with Crippen LogP contribution in [0.15, 0.2) is 46.9 Å². The second kappa shape index (κ2) is 6.50. The number of ether oxygens (including phenoxy) is 1. The lowest BCUT2D eigenvalue weighted by Gasteiger charge is -2.13. The maximum Gasteiger partial charge on any atom is 0.573 e. The minimum absolute atomic E-state index is 0.172. The fourth-order valence-corrected chi connectivity index (χ4v) is 3.28. The maximum absolute atomic E-state index is 12.4. The van der Waals surface area contributed by atoms with E-state index in [2.05, 4.69) is 15.9 Å². The van der Waals surface area contributed by atoms with Gasteiger partial charge in [-0.3, -0.25) is 4.90 Å². The van der Waals surface area contributed by atoms with Crippen LogP contribution in [0.25, 0.3) is 22.2 Å². The average molecular weight is 373 g/mol. The molecule has 1 saturated heterocycles. The zero-order chi connectivity index (χ0) is 19.0. The summed E-state index contributed by atoms with van der Waals surface area (Å²) in [4.78, 5) is 6.13. The molecule has 0 amide bonds. The molecule has 5 nitrogen and oxygen atoms in total. The van der Waals surface area contributed by atoms with Crippen LogP contribution in [-0.2, 0) is 0 Å². The SMILES string of the molecule is N#CN1CCC[C@H]1c1nc2cc(-c3cccc(OC(F)(F)F)c3)ccc2o1. The summed E-state index contributed by atoms with van der Waals surface area (Å²) in [6.07, 6.45) is -0.899. The number of rotatable bonds is 3. The predicted octanol–water partition coefficient (Wildman–Crippen LogP) is 5.01. The fraction of sp³-hybridized carbons (Fsp3) is 0.263. The number of fused-ring (bicyclic) bond motifs is 1. The molecule has 2 heterocycles. The fourth-order valence-electron chi connectivity index (χ4n) is 3.28. The van der Waals surface area contributed by atoms with Gasteiger partial charge in [0, 0.05) is 6.54 Å². The summed E-state index contributed by atoms with van der Waals surface area (Å²) >= 11 is 0. The molecule has 0 unspecified atom stereocenters. The van der Waals surface area contributed by atoms with Gasteiger partial charge in [-0.25, -0.2) is 4.98 Å². The topological polar surface area (TPSA) is 62.3 Å². The van der Waals surface area contributed by atoms with Crippen LogP contribution < -0.4 is 4.74 Å². The van der Waals surface area contributed by atoms with Crippen molar-refractivity contribution in [1.82, 2.24) is 9.88 Å². The van der Waals surface area contributed by atoms with Crippen LogP contribution in [0.2, 0.25) is 0 Å². The van der Waals surface area contributed by atoms with Crippen LogP contribution in [0.4, 0.5) is 13.2 Å². The third-order valence-corrected chi connectivity index (χ3v) is 4.47. The second-order valence-electron chi connectivity index (χ2n) is 6.26. The molecule has 138 valence electrons. The van der Waals surface area contributed by atoms with Gasteiger partial charge in [0.15, 0.2) is 11.8 Å². The number of hydrogen-bond acceptors (Lipinski definition) is 5. The molecule has 1 aliphatic rings. The lowest BCUT2D eigenvalue weighted by atomic mass is 10.1. The molecule has 3 aromatic rings. The molecule has 0 bridgehead atoms. The molecule has 1 fully saturated rings. The summed E-state index contributed by atoms with van der Waals surface area (Å²) in [7, 11) is 0. The number of halogens is 3. The van der Waals surface area contributed by atoms with Crippen molar-refractivity contribution in [3.05, 3.63) is 48.4 Å². The van der Waals surface area contributed by atoms with Gasteiger partial charge in [0.1, 0.15) is 17.3 Å². The number of nitrogens with zero attached hydrogens (tertiary/aromatic N) is 3. The standard InChI is InChI=1S/C19H14F3N3O2/c20-19(21,22)27-14-4-1-3-12(9-14)13-6-7-17-15(10-13)24-18(26-17)16-5-2-8-25(16)11-23/h1,3-4,6-7,9-10,16H,2,5,8H2/t16-/m0/s1. The Balaban J connectivity index is 1.66. The highest BCUT2D eigenvalue weighted by atomic mass is 19.4. The molecule has 8 heteroatoms. The van der Waals surface area contributed by atoms with Crippen molar-refractivity contribution in [2.45, 2.75) is 25.2 Å². The normalized spacial score (nSPS) is 17.3. The van der Waals surface area contributed by atoms with Crippen molar-refractivity contribution in [3.63, 3.8) is 0 Å². The van der Waals surface area contributed by atoms with Crippen LogP contribution in [0.3, 0.4) is 0 Å². The molecule has 2 aromatic carbocycles. The lowest BCUT2D eigenvalue weighted by molar-refractivity contribution is -0.274. The monoisotopic (exact) mass is 373 g/mol. The van der Waals surface area contributed by atoms with Gasteiger partial charge >= 0.3 is 6.36 Å². The Hall–Kier alpha value is -3.21. The van der Waals surface area contributed by atoms with Gasteiger partial charge < -0.3 is 9.15 Å². The van der Waals surface area contributed by atoms with Crippen molar-refractivity contribution >= 4 is 11.1 Å². The molecular weight excluding hydrogens is 359 g/mol. The Morgan fingerprint density at radius 1 is 1.19 bits per heavy atom. The number of alkyl halides is 3. The summed E-state index contributed by atoms with van der Waals surface area (Å²) in [5.41, 5.74) is 2.43. The summed E-state index contributed by atoms with van der Waals surface area (Å²) in [5.74, 6) is 0.201. The maximum atomic E-state index is 12.4. The number of nitriles is 1. The molecule has 0 aliphatic carbocycles. The Labute approximate surface area is 152 Å². The smallest absolute Gasteiger partial charge is 0.438 e. The summed E-state index contributed by atoms with van der Waals surface area (Å²) in [6, 6.07) is 10.8. The molecule has 0 N–H and O–H groups in total. The van der Waals surface area contributed by atoms with E-state index in [1.165, 1.54) is 18.2 Å². The molecule has 1 aromatic heterocycles. The summed E-state index contributed by atoms with van der Waals surface area (Å²) < 4.78 is 47.0. The largest absolute Gasteiger partial charge is 0.573 e. The van der Waals surface area contributed by atoms with Crippen molar-refractivity contribution < 1.29 is 22.3 Å². The van der Waals surface area contributed by atoms with Crippen LogP contribution in [0.1, 0.15) is 24.8 Å². The van der Waals surface area contributed by atoms with Crippen LogP contribution >= 0.6 is 0 Å². The second-order valence-corrected chi connectivity index (χ2v) is 6.26. The Kier molecular flexibility index (Phi) is 4.15. The van der Waals surface area contributed by atoms with Crippen LogP contribution in [-0.4, -0.2) is 22.8 Å². The van der Waals surface area contributed by atoms with Gasteiger partial charge in [0.2, 0.25) is 5.89 Å². The van der Waals surface area contributed by atoms with E-state index < -0.39 is 6.36 Å². The van der Waals surface area contributed by atoms with Gasteiger partial charge in [0.05, 0.1) is 0 Å². The van der Waals surface area contributed by atoms with Crippen molar-refractivity contribution in [1.29, 1.82) is 5.26 Å². The first kappa shape index (κ1) is 17.2. The zero-order valence-corrected chi connectivity index (χ0v) is 14.0. The van der Waals surface area contributed by atoms with Crippen LogP contribution in [0.5, 0.6) is 5.75 Å². The molecule has 27 heavy (non-hydrogen) atoms. The molecule has 0 saturated carbocycles. The van der Waals surface area contributed by atoms with E-state index in [-0.39, 0.29) is 11.8 Å². The number of likely N-dealkylation sites (tertiary alicyclic amines) is 1. The average Bonchev–Trinajstić information content (AvgIpc) is 3.25. The molecule has 0 radical (unpaired) electrons. The van der Waals surface area contributed by atoms with E-state index in [0.717, 1.165) is 12.8 Å². The molecule has 4 rings (SSSR count). The van der Waals surface area contributed by atoms with Gasteiger partial charge in [-0.05, 0) is 48.2 Å². The molecule has 1 atom stereocenters. The number of benzene rings is 2. The van der Waals surface area contributed by atoms with Gasteiger partial charge in [0.25, 0.3) is 0 Å². The van der Waals surface area contributed by atoms with Crippen molar-refractivity contribution in [3.8, 4) is 23.1 Å². The van der Waals surface area contributed by atoms with Crippen molar-refractivity contribution in [2.75, 3.05) is 6.54 Å². The van der Waals surface area contributed by atoms with E-state index in [0.29, 0.717) is 34.7 Å². The van der Waals surface area contributed by atoms with E-state index in [9.17, 15) is 18.4 Å². The Morgan fingerprint density at radius 3 is 2.78 bits per heavy atom. The van der Waals surface area contributed by atoms with E-state index in [1.54, 1.807) is 29.2 Å². The first-order chi connectivity index (χ1) is 12.9. The zero-order valence-electron chi connectivity index (χ0n) is 14.0. The molecular formula is C19H14F3N3O2. The minimum atomic E-state index is -4.74. The van der Waals surface area contributed by atoms with Gasteiger partial charge in [-0.15, -0.1) is 13.2 Å². The highest BCUT2D eigenvalue weighted by Gasteiger charge is 2.31. The van der Waals surface area contributed by atoms with Gasteiger partial charge in [-0.2, -0.15) is 5.26 Å². The number of oxazole rings is 1. The van der Waals surface area contributed by atoms with E-state index >= 15 is 0 Å². The predicted molar refractivity (Wildman–Crippen MR) is 90.4 cm³/mol. The Bertz CT molecular complexity index is 1020. The number of hydrogen-bond donors (Lipinski definition) is 0. The quantitative estimate of drug-likeness (QED) is 0.604. The summed E-state index contributed by atoms with van der Waals surface area (Å²) in [6.45, 7) is 0.678. The third-order valence-electron chi connectivity index (χ3n) is 4.47. The Morgan fingerprint density at radius 2 is 2.00 bits per heavy atom. The van der Waals surface area contributed by atoms with Crippen molar-refractivity contribution in [2.24, 2.45) is 0 Å². The highest BCUT2D eigenvalue weighted by molar-refractivity contribution is 5.80. The first-order valence-electron chi connectivity index (χ1n) is 8.36. The number of aromatic nitrogens is 1. The van der Waals surface area contributed by atoms with E-state index in [1.807, 2.05) is 0 Å². The molecule has 1 aliphatic heterocycles. The lowest BCUT2D eigenvalue weighted by Crippen LogP contribution is -2.17. The first-order valence-corrected chi connectivity index (χ1v) is 8.36. The summed E-state index contributed by atoms with van der Waals surface area (Å²) in [5, 5.41) is 9.19.